The van der Waals surface area contributed by atoms with Gasteiger partial charge in [0.2, 0.25) is 0 Å². The van der Waals surface area contributed by atoms with E-state index in [1.165, 1.54) is 16.5 Å². The van der Waals surface area contributed by atoms with Gasteiger partial charge in [0.05, 0.1) is 0 Å². The molecule has 0 aliphatic heterocycles. The summed E-state index contributed by atoms with van der Waals surface area (Å²) >= 11 is 11.7. The van der Waals surface area contributed by atoms with E-state index < -0.39 is 0 Å². The lowest BCUT2D eigenvalue weighted by atomic mass is 10.0. The van der Waals surface area contributed by atoms with Gasteiger partial charge in [-0.05, 0) is 59.9 Å². The zero-order chi connectivity index (χ0) is 15.4. The number of rotatable bonds is 6. The molecule has 2 nitrogen and oxygen atoms in total. The number of benzene rings is 1. The van der Waals surface area contributed by atoms with Gasteiger partial charge < -0.3 is 4.98 Å². The Balaban J connectivity index is 1.56. The van der Waals surface area contributed by atoms with Gasteiger partial charge >= 0.3 is 0 Å². The predicted molar refractivity (Wildman–Crippen MR) is 96.8 cm³/mol. The van der Waals surface area contributed by atoms with E-state index in [1.54, 1.807) is 0 Å². The third kappa shape index (κ3) is 3.54. The second-order valence-electron chi connectivity index (χ2n) is 5.34. The number of aromatic amines is 1. The zero-order valence-electron chi connectivity index (χ0n) is 12.2. The molecule has 3 aromatic rings. The fraction of sp³-hybridized carbons (Fsp3) is 0.222. The maximum absolute atomic E-state index is 6.18. The Morgan fingerprint density at radius 3 is 2.64 bits per heavy atom. The van der Waals surface area contributed by atoms with Crippen LogP contribution in [0.1, 0.15) is 24.0 Å². The van der Waals surface area contributed by atoms with Gasteiger partial charge in [0.25, 0.3) is 0 Å². The summed E-state index contributed by atoms with van der Waals surface area (Å²) in [5, 5.41) is 2.02. The number of fused-ring (bicyclic) bond motifs is 1. The summed E-state index contributed by atoms with van der Waals surface area (Å²) in [6.45, 7) is 0. The number of halogens is 1. The van der Waals surface area contributed by atoms with Crippen LogP contribution in [-0.4, -0.2) is 14.8 Å². The second kappa shape index (κ2) is 7.03. The number of hydrogen-bond acceptors (Lipinski definition) is 2. The molecule has 22 heavy (non-hydrogen) atoms. The zero-order valence-corrected chi connectivity index (χ0v) is 13.8. The van der Waals surface area contributed by atoms with Crippen LogP contribution in [0.4, 0.5) is 0 Å². The van der Waals surface area contributed by atoms with Crippen molar-refractivity contribution in [2.75, 3.05) is 0 Å². The summed E-state index contributed by atoms with van der Waals surface area (Å²) in [6.07, 6.45) is 7.47. The molecule has 0 saturated carbocycles. The number of H-pyrrole nitrogens is 1. The molecule has 0 radical (unpaired) electrons. The number of thiocarbonyl (C=S) groups is 1. The molecule has 0 aliphatic rings. The summed E-state index contributed by atoms with van der Waals surface area (Å²) < 4.78 is 0. The van der Waals surface area contributed by atoms with Crippen molar-refractivity contribution in [2.45, 2.75) is 25.7 Å². The van der Waals surface area contributed by atoms with Crippen LogP contribution in [0.15, 0.2) is 48.8 Å². The van der Waals surface area contributed by atoms with E-state index in [4.69, 9.17) is 23.8 Å². The fourth-order valence-corrected chi connectivity index (χ4v) is 3.04. The molecule has 2 aromatic heterocycles. The van der Waals surface area contributed by atoms with E-state index in [0.717, 1.165) is 41.2 Å². The summed E-state index contributed by atoms with van der Waals surface area (Å²) in [7, 11) is 0. The molecule has 0 aliphatic carbocycles. The maximum atomic E-state index is 6.18. The van der Waals surface area contributed by atoms with Crippen molar-refractivity contribution in [3.63, 3.8) is 0 Å². The minimum absolute atomic E-state index is 0.827. The van der Waals surface area contributed by atoms with Gasteiger partial charge in [-0.25, -0.2) is 4.98 Å². The Kier molecular flexibility index (Phi) is 4.86. The largest absolute Gasteiger partial charge is 0.346 e. The number of pyridine rings is 1. The minimum atomic E-state index is 0.827. The molecule has 1 N–H and O–H groups in total. The normalized spacial score (nSPS) is 11.0. The van der Waals surface area contributed by atoms with Crippen molar-refractivity contribution in [3.8, 4) is 0 Å². The topological polar surface area (TPSA) is 28.7 Å². The first-order valence-electron chi connectivity index (χ1n) is 7.40. The van der Waals surface area contributed by atoms with Crippen LogP contribution in [0, 0.1) is 0 Å². The lowest BCUT2D eigenvalue weighted by Crippen LogP contribution is -2.00. The molecule has 0 amide bonds. The van der Waals surface area contributed by atoms with Crippen molar-refractivity contribution >= 4 is 39.7 Å². The van der Waals surface area contributed by atoms with E-state index in [9.17, 15) is 0 Å². The molecule has 112 valence electrons. The number of aromatic nitrogens is 2. The van der Waals surface area contributed by atoms with Gasteiger partial charge in [0.15, 0.2) is 0 Å². The van der Waals surface area contributed by atoms with E-state index in [-0.39, 0.29) is 0 Å². The monoisotopic (exact) mass is 328 g/mol. The molecule has 3 rings (SSSR count). The highest BCUT2D eigenvalue weighted by Crippen LogP contribution is 2.19. The van der Waals surface area contributed by atoms with Crippen LogP contribution in [-0.2, 0) is 12.8 Å². The lowest BCUT2D eigenvalue weighted by Gasteiger charge is -2.07. The van der Waals surface area contributed by atoms with Gasteiger partial charge in [0.1, 0.15) is 5.65 Å². The molecule has 0 bridgehead atoms. The average molecular weight is 329 g/mol. The number of nitrogens with one attached hydrogen (secondary N) is 1. The van der Waals surface area contributed by atoms with E-state index in [1.807, 2.05) is 30.6 Å². The van der Waals surface area contributed by atoms with Crippen molar-refractivity contribution in [3.05, 3.63) is 64.9 Å². The van der Waals surface area contributed by atoms with Gasteiger partial charge in [-0.15, -0.1) is 0 Å². The first-order chi connectivity index (χ1) is 10.7. The Morgan fingerprint density at radius 2 is 1.82 bits per heavy atom. The second-order valence-corrected chi connectivity index (χ2v) is 6.32. The van der Waals surface area contributed by atoms with Crippen LogP contribution in [0.3, 0.4) is 0 Å². The summed E-state index contributed by atoms with van der Waals surface area (Å²) in [5.74, 6) is 0. The van der Waals surface area contributed by atoms with Crippen molar-refractivity contribution in [1.82, 2.24) is 9.97 Å². The van der Waals surface area contributed by atoms with Crippen molar-refractivity contribution < 1.29 is 0 Å². The molecule has 0 fully saturated rings. The van der Waals surface area contributed by atoms with Gasteiger partial charge in [0, 0.05) is 22.8 Å². The fourth-order valence-electron chi connectivity index (χ4n) is 2.61. The lowest BCUT2D eigenvalue weighted by molar-refractivity contribution is 0.979. The third-order valence-corrected chi connectivity index (χ3v) is 4.63. The predicted octanol–water partition coefficient (Wildman–Crippen LogP) is 5.15. The Labute approximate surface area is 140 Å². The van der Waals surface area contributed by atoms with E-state index >= 15 is 0 Å². The van der Waals surface area contributed by atoms with E-state index in [2.05, 4.69) is 28.2 Å². The first kappa shape index (κ1) is 15.2. The third-order valence-electron chi connectivity index (χ3n) is 3.85. The van der Waals surface area contributed by atoms with Crippen LogP contribution < -0.4 is 0 Å². The standard InChI is InChI=1S/C18H17ClN2S/c19-17-4-2-1-3-14(17)6-8-15(22)7-5-13-9-11-20-18-16(13)10-12-21-18/h1-4,9-12H,5-8H2,(H,20,21). The summed E-state index contributed by atoms with van der Waals surface area (Å²) in [6, 6.07) is 12.1. The molecule has 2 heterocycles. The van der Waals surface area contributed by atoms with Crippen LogP contribution >= 0.6 is 23.8 Å². The SMILES string of the molecule is S=C(CCc1ccccc1Cl)CCc1ccnc2[nH]ccc12. The molecule has 1 aromatic carbocycles. The number of hydrogen-bond donors (Lipinski definition) is 1. The van der Waals surface area contributed by atoms with Gasteiger partial charge in [-0.1, -0.05) is 42.0 Å². The van der Waals surface area contributed by atoms with Crippen LogP contribution in [0.5, 0.6) is 0 Å². The van der Waals surface area contributed by atoms with Crippen molar-refractivity contribution in [2.24, 2.45) is 0 Å². The Bertz CT molecular complexity index is 794. The average Bonchev–Trinajstić information content (AvgIpc) is 3.01. The van der Waals surface area contributed by atoms with Crippen LogP contribution in [0.25, 0.3) is 11.0 Å². The highest BCUT2D eigenvalue weighted by atomic mass is 35.5. The quantitative estimate of drug-likeness (QED) is 0.634. The summed E-state index contributed by atoms with van der Waals surface area (Å²) in [5.41, 5.74) is 3.41. The highest BCUT2D eigenvalue weighted by Gasteiger charge is 2.06. The Morgan fingerprint density at radius 1 is 1.05 bits per heavy atom. The van der Waals surface area contributed by atoms with Crippen LogP contribution in [0.2, 0.25) is 5.02 Å². The maximum Gasteiger partial charge on any atom is 0.137 e. The molecule has 0 saturated heterocycles. The van der Waals surface area contributed by atoms with Crippen molar-refractivity contribution in [1.29, 1.82) is 0 Å². The number of aryl methyl sites for hydroxylation is 2. The van der Waals surface area contributed by atoms with E-state index in [0.29, 0.717) is 0 Å². The molecule has 4 heteroatoms. The van der Waals surface area contributed by atoms with Gasteiger partial charge in [-0.3, -0.25) is 0 Å². The first-order valence-corrected chi connectivity index (χ1v) is 8.19. The minimum Gasteiger partial charge on any atom is -0.346 e. The molecule has 0 atom stereocenters. The molecule has 0 unspecified atom stereocenters. The highest BCUT2D eigenvalue weighted by molar-refractivity contribution is 7.80. The smallest absolute Gasteiger partial charge is 0.137 e. The molecule has 0 spiro atoms. The molecular weight excluding hydrogens is 312 g/mol. The number of nitrogens with zero attached hydrogens (tertiary/aromatic N) is 1. The van der Waals surface area contributed by atoms with Gasteiger partial charge in [-0.2, -0.15) is 0 Å². The molecular formula is C18H17ClN2S. The Hall–Kier alpha value is -1.71. The summed E-state index contributed by atoms with van der Waals surface area (Å²) in [4.78, 5) is 8.55.